The maximum Gasteiger partial charge on any atom is 0.416 e. The lowest BCUT2D eigenvalue weighted by Gasteiger charge is -2.11. The van der Waals surface area contributed by atoms with Crippen molar-refractivity contribution >= 4 is 46.4 Å². The van der Waals surface area contributed by atoms with Gasteiger partial charge < -0.3 is 10.6 Å². The van der Waals surface area contributed by atoms with Crippen LogP contribution in [0.1, 0.15) is 16.0 Å². The van der Waals surface area contributed by atoms with Gasteiger partial charge in [-0.3, -0.25) is 0 Å². The molecule has 0 radical (unpaired) electrons. The summed E-state index contributed by atoms with van der Waals surface area (Å²) in [5, 5.41) is 7.75. The molecule has 9 heteroatoms. The molecule has 0 bridgehead atoms. The van der Waals surface area contributed by atoms with Gasteiger partial charge >= 0.3 is 12.2 Å². The largest absolute Gasteiger partial charge is 0.416 e. The van der Waals surface area contributed by atoms with E-state index >= 15 is 0 Å². The van der Waals surface area contributed by atoms with Crippen molar-refractivity contribution in [3.8, 4) is 0 Å². The molecule has 152 valence electrons. The highest BCUT2D eigenvalue weighted by Crippen LogP contribution is 2.31. The minimum atomic E-state index is -4.46. The molecular weight excluding hydrogens is 441 g/mol. The highest BCUT2D eigenvalue weighted by molar-refractivity contribution is 7.98. The molecule has 2 amide bonds. The molecule has 2 N–H and O–H groups in total. The molecule has 0 saturated heterocycles. The van der Waals surface area contributed by atoms with E-state index in [9.17, 15) is 18.0 Å². The van der Waals surface area contributed by atoms with Crippen molar-refractivity contribution < 1.29 is 18.0 Å². The zero-order valence-corrected chi connectivity index (χ0v) is 17.3. The number of thiophene rings is 1. The Hall–Kier alpha value is -2.16. The number of amides is 2. The quantitative estimate of drug-likeness (QED) is 0.391. The molecule has 1 aromatic heterocycles. The summed E-state index contributed by atoms with van der Waals surface area (Å²) in [5.74, 6) is 0.734. The van der Waals surface area contributed by atoms with Crippen LogP contribution in [-0.4, -0.2) is 6.03 Å². The van der Waals surface area contributed by atoms with Crippen LogP contribution in [0.25, 0.3) is 0 Å². The van der Waals surface area contributed by atoms with Gasteiger partial charge in [-0.25, -0.2) is 4.79 Å². The molecule has 0 aliphatic rings. The molecule has 3 nitrogen and oxygen atoms in total. The van der Waals surface area contributed by atoms with Crippen LogP contribution in [-0.2, 0) is 18.5 Å². The summed E-state index contributed by atoms with van der Waals surface area (Å²) >= 11 is 9.06. The summed E-state index contributed by atoms with van der Waals surface area (Å²) in [4.78, 5) is 14.2. The number of alkyl halides is 3. The Balaban J connectivity index is 1.53. The second kappa shape index (κ2) is 9.56. The fourth-order valence-electron chi connectivity index (χ4n) is 2.45. The number of halogens is 4. The van der Waals surface area contributed by atoms with Gasteiger partial charge in [0.2, 0.25) is 0 Å². The van der Waals surface area contributed by atoms with Crippen molar-refractivity contribution in [1.82, 2.24) is 5.32 Å². The van der Waals surface area contributed by atoms with Crippen LogP contribution in [0.15, 0.2) is 64.9 Å². The first kappa shape index (κ1) is 21.5. The Kier molecular flexibility index (Phi) is 7.10. The minimum Gasteiger partial charge on any atom is -0.333 e. The first-order valence-corrected chi connectivity index (χ1v) is 10.7. The number of thioether (sulfide) groups is 1. The average Bonchev–Trinajstić information content (AvgIpc) is 3.13. The topological polar surface area (TPSA) is 41.1 Å². The predicted octanol–water partition coefficient (Wildman–Crippen LogP) is 7.03. The molecule has 0 saturated carbocycles. The van der Waals surface area contributed by atoms with Crippen LogP contribution in [0.2, 0.25) is 5.02 Å². The van der Waals surface area contributed by atoms with E-state index in [0.717, 1.165) is 33.2 Å². The first-order chi connectivity index (χ1) is 13.8. The second-order valence-corrected chi connectivity index (χ2v) is 8.48. The lowest BCUT2D eigenvalue weighted by atomic mass is 10.2. The first-order valence-electron chi connectivity index (χ1n) is 8.47. The number of anilines is 1. The zero-order valence-electron chi connectivity index (χ0n) is 14.9. The summed E-state index contributed by atoms with van der Waals surface area (Å²) in [7, 11) is 0. The molecule has 0 aliphatic heterocycles. The van der Waals surface area contributed by atoms with Crippen molar-refractivity contribution in [2.45, 2.75) is 23.4 Å². The van der Waals surface area contributed by atoms with Gasteiger partial charge in [0, 0.05) is 26.2 Å². The van der Waals surface area contributed by atoms with Gasteiger partial charge in [0.1, 0.15) is 0 Å². The Morgan fingerprint density at radius 1 is 1.10 bits per heavy atom. The fraction of sp³-hybridized carbons (Fsp3) is 0.150. The maximum absolute atomic E-state index is 12.8. The summed E-state index contributed by atoms with van der Waals surface area (Å²) in [5.41, 5.74) is 0.367. The monoisotopic (exact) mass is 456 g/mol. The third kappa shape index (κ3) is 6.42. The van der Waals surface area contributed by atoms with Crippen molar-refractivity contribution in [2.75, 3.05) is 5.32 Å². The molecule has 0 atom stereocenters. The van der Waals surface area contributed by atoms with Gasteiger partial charge in [-0.15, -0.1) is 23.1 Å². The van der Waals surface area contributed by atoms with Crippen LogP contribution in [0.5, 0.6) is 0 Å². The third-order valence-corrected chi connectivity index (χ3v) is 6.18. The number of benzene rings is 2. The van der Waals surface area contributed by atoms with Gasteiger partial charge in [-0.1, -0.05) is 17.7 Å². The number of hydrogen-bond donors (Lipinski definition) is 2. The van der Waals surface area contributed by atoms with Crippen LogP contribution in [0.4, 0.5) is 23.7 Å². The van der Waals surface area contributed by atoms with Crippen molar-refractivity contribution in [3.63, 3.8) is 0 Å². The zero-order chi connectivity index (χ0) is 20.9. The fourth-order valence-corrected chi connectivity index (χ4v) is 4.43. The molecule has 3 rings (SSSR count). The van der Waals surface area contributed by atoms with Crippen LogP contribution in [0.3, 0.4) is 0 Å². The molecule has 3 aromatic rings. The molecule has 0 unspecified atom stereocenters. The predicted molar refractivity (Wildman–Crippen MR) is 113 cm³/mol. The SMILES string of the molecule is O=C(NCc1sccc1CSc1ccc(Cl)cc1)Nc1cccc(C(F)(F)F)c1. The molecule has 29 heavy (non-hydrogen) atoms. The van der Waals surface area contributed by atoms with E-state index in [1.54, 1.807) is 11.8 Å². The number of hydrogen-bond acceptors (Lipinski definition) is 3. The van der Waals surface area contributed by atoms with E-state index in [2.05, 4.69) is 10.6 Å². The second-order valence-electron chi connectivity index (χ2n) is 6.00. The van der Waals surface area contributed by atoms with E-state index in [1.165, 1.54) is 23.5 Å². The molecule has 0 aliphatic carbocycles. The Morgan fingerprint density at radius 2 is 1.86 bits per heavy atom. The van der Waals surface area contributed by atoms with Gasteiger partial charge in [0.25, 0.3) is 0 Å². The van der Waals surface area contributed by atoms with Crippen molar-refractivity contribution in [3.05, 3.63) is 81.0 Å². The van der Waals surface area contributed by atoms with Crippen LogP contribution >= 0.6 is 34.7 Å². The lowest BCUT2D eigenvalue weighted by molar-refractivity contribution is -0.137. The Bertz CT molecular complexity index is 974. The Labute approximate surface area is 179 Å². The van der Waals surface area contributed by atoms with Gasteiger partial charge in [0.05, 0.1) is 12.1 Å². The van der Waals surface area contributed by atoms with E-state index in [1.807, 2.05) is 35.7 Å². The molecule has 0 spiro atoms. The highest BCUT2D eigenvalue weighted by atomic mass is 35.5. The van der Waals surface area contributed by atoms with Gasteiger partial charge in [-0.2, -0.15) is 13.2 Å². The standard InChI is InChI=1S/C20H16ClF3N2OS2/c21-15-4-6-17(7-5-15)29-12-13-8-9-28-18(13)11-25-19(27)26-16-3-1-2-14(10-16)20(22,23)24/h1-10H,11-12H2,(H2,25,26,27). The number of urea groups is 1. The van der Waals surface area contributed by atoms with Crippen LogP contribution in [0, 0.1) is 0 Å². The number of carbonyl (C=O) groups is 1. The van der Waals surface area contributed by atoms with Crippen molar-refractivity contribution in [1.29, 1.82) is 0 Å². The molecule has 2 aromatic carbocycles. The normalized spacial score (nSPS) is 11.3. The number of rotatable bonds is 6. The number of carbonyl (C=O) groups excluding carboxylic acids is 1. The summed E-state index contributed by atoms with van der Waals surface area (Å²) in [6.07, 6.45) is -4.46. The molecular formula is C20H16ClF3N2OS2. The Morgan fingerprint density at radius 3 is 2.59 bits per heavy atom. The summed E-state index contributed by atoms with van der Waals surface area (Å²) in [6.45, 7) is 0.291. The average molecular weight is 457 g/mol. The summed E-state index contributed by atoms with van der Waals surface area (Å²) < 4.78 is 38.3. The van der Waals surface area contributed by atoms with E-state index in [-0.39, 0.29) is 5.69 Å². The lowest BCUT2D eigenvalue weighted by Crippen LogP contribution is -2.28. The van der Waals surface area contributed by atoms with Gasteiger partial charge in [-0.05, 0) is 59.5 Å². The van der Waals surface area contributed by atoms with E-state index in [4.69, 9.17) is 11.6 Å². The third-order valence-electron chi connectivity index (χ3n) is 3.90. The summed E-state index contributed by atoms with van der Waals surface area (Å²) in [6, 6.07) is 13.5. The van der Waals surface area contributed by atoms with E-state index < -0.39 is 17.8 Å². The minimum absolute atomic E-state index is 0.0852. The number of nitrogens with one attached hydrogen (secondary N) is 2. The van der Waals surface area contributed by atoms with Crippen LogP contribution < -0.4 is 10.6 Å². The molecule has 0 fully saturated rings. The maximum atomic E-state index is 12.8. The smallest absolute Gasteiger partial charge is 0.333 e. The van der Waals surface area contributed by atoms with Crippen molar-refractivity contribution in [2.24, 2.45) is 0 Å². The van der Waals surface area contributed by atoms with E-state index in [0.29, 0.717) is 11.6 Å². The highest BCUT2D eigenvalue weighted by Gasteiger charge is 2.30. The molecule has 1 heterocycles. The van der Waals surface area contributed by atoms with Gasteiger partial charge in [0.15, 0.2) is 0 Å².